The molecule has 1 heterocycles. The van der Waals surface area contributed by atoms with Crippen molar-refractivity contribution in [3.63, 3.8) is 0 Å². The van der Waals surface area contributed by atoms with Crippen molar-refractivity contribution in [2.45, 2.75) is 45.6 Å². The predicted molar refractivity (Wildman–Crippen MR) is 189 cm³/mol. The minimum atomic E-state index is -0.401. The molecule has 1 aliphatic carbocycles. The van der Waals surface area contributed by atoms with E-state index in [0.717, 1.165) is 29.2 Å². The second kappa shape index (κ2) is 13.4. The Morgan fingerprint density at radius 1 is 0.860 bits per heavy atom. The zero-order valence-electron chi connectivity index (χ0n) is 25.8. The van der Waals surface area contributed by atoms with E-state index in [9.17, 15) is 0 Å². The smallest absolute Gasteiger partial charge is 0.0712 e. The van der Waals surface area contributed by atoms with Crippen molar-refractivity contribution in [1.82, 2.24) is 0 Å². The number of nitrogens with one attached hydrogen (secondary N) is 1. The maximum atomic E-state index is 4.31. The maximum Gasteiger partial charge on any atom is 0.0712 e. The van der Waals surface area contributed by atoms with Crippen molar-refractivity contribution in [2.75, 3.05) is 10.2 Å². The molecule has 0 spiro atoms. The molecule has 2 nitrogen and oxygen atoms in total. The van der Waals surface area contributed by atoms with Crippen LogP contribution in [0.25, 0.3) is 16.8 Å². The maximum absolute atomic E-state index is 4.31. The number of allylic oxidation sites excluding steroid dienone is 7. The van der Waals surface area contributed by atoms with Crippen LogP contribution < -0.4 is 10.2 Å². The highest BCUT2D eigenvalue weighted by Crippen LogP contribution is 2.44. The van der Waals surface area contributed by atoms with Gasteiger partial charge in [-0.15, -0.1) is 0 Å². The molecular formula is C41H42N2. The molecule has 6 rings (SSSR count). The summed E-state index contributed by atoms with van der Waals surface area (Å²) in [5.41, 5.74) is 7.55. The molecule has 0 saturated carbocycles. The SMILES string of the molecule is C=C1/C=C\C(C)(c2cc(/C=C\C=C/CC)cc(N(c3ccccc3)C3C=CC=C3)c2)c2cccc3cccc(c23)N1.CC. The summed E-state index contributed by atoms with van der Waals surface area (Å²) in [5.74, 6) is 0. The molecule has 0 fully saturated rings. The average molecular weight is 563 g/mol. The van der Waals surface area contributed by atoms with E-state index in [1.807, 2.05) is 13.8 Å². The van der Waals surface area contributed by atoms with Crippen LogP contribution in [-0.4, -0.2) is 6.04 Å². The molecule has 2 aliphatic rings. The first kappa shape index (κ1) is 29.7. The van der Waals surface area contributed by atoms with Gasteiger partial charge < -0.3 is 10.2 Å². The Morgan fingerprint density at radius 2 is 1.60 bits per heavy atom. The lowest BCUT2D eigenvalue weighted by Gasteiger charge is -2.35. The highest BCUT2D eigenvalue weighted by Gasteiger charge is 2.31. The second-order valence-corrected chi connectivity index (χ2v) is 10.9. The van der Waals surface area contributed by atoms with Crippen molar-refractivity contribution in [3.05, 3.63) is 169 Å². The van der Waals surface area contributed by atoms with Gasteiger partial charge in [-0.25, -0.2) is 0 Å². The number of benzene rings is 4. The summed E-state index contributed by atoms with van der Waals surface area (Å²) < 4.78 is 0. The summed E-state index contributed by atoms with van der Waals surface area (Å²) in [7, 11) is 0. The van der Waals surface area contributed by atoms with Gasteiger partial charge in [0.1, 0.15) is 0 Å². The molecule has 1 atom stereocenters. The van der Waals surface area contributed by atoms with Crippen LogP contribution in [-0.2, 0) is 5.41 Å². The van der Waals surface area contributed by atoms with Crippen molar-refractivity contribution < 1.29 is 0 Å². The Hall–Kier alpha value is -4.82. The first-order valence-electron chi connectivity index (χ1n) is 15.4. The molecule has 43 heavy (non-hydrogen) atoms. The van der Waals surface area contributed by atoms with Crippen molar-refractivity contribution in [2.24, 2.45) is 0 Å². The summed E-state index contributed by atoms with van der Waals surface area (Å²) in [5, 5.41) is 5.98. The van der Waals surface area contributed by atoms with E-state index in [0.29, 0.717) is 0 Å². The third-order valence-corrected chi connectivity index (χ3v) is 8.03. The van der Waals surface area contributed by atoms with Gasteiger partial charge in [-0.05, 0) is 71.8 Å². The third-order valence-electron chi connectivity index (χ3n) is 8.03. The second-order valence-electron chi connectivity index (χ2n) is 10.9. The molecule has 0 aromatic heterocycles. The number of nitrogens with zero attached hydrogens (tertiary/aromatic N) is 1. The molecule has 0 bridgehead atoms. The van der Waals surface area contributed by atoms with Gasteiger partial charge in [0.25, 0.3) is 0 Å². The Kier molecular flexibility index (Phi) is 9.27. The van der Waals surface area contributed by atoms with Gasteiger partial charge in [0.15, 0.2) is 0 Å². The highest BCUT2D eigenvalue weighted by molar-refractivity contribution is 5.99. The predicted octanol–water partition coefficient (Wildman–Crippen LogP) is 11.3. The number of rotatable bonds is 7. The normalized spacial score (nSPS) is 18.4. The van der Waals surface area contributed by atoms with Crippen molar-refractivity contribution in [3.8, 4) is 0 Å². The molecule has 1 aliphatic heterocycles. The highest BCUT2D eigenvalue weighted by atomic mass is 15.2. The van der Waals surface area contributed by atoms with Gasteiger partial charge >= 0.3 is 0 Å². The summed E-state index contributed by atoms with van der Waals surface area (Å²) in [6.07, 6.45) is 22.9. The monoisotopic (exact) mass is 562 g/mol. The number of para-hydroxylation sites is 1. The van der Waals surface area contributed by atoms with Gasteiger partial charge in [0.05, 0.1) is 6.04 Å². The number of hydrogen-bond acceptors (Lipinski definition) is 2. The molecular weight excluding hydrogens is 520 g/mol. The Morgan fingerprint density at radius 3 is 2.35 bits per heavy atom. The summed E-state index contributed by atoms with van der Waals surface area (Å²) in [6.45, 7) is 12.8. The fourth-order valence-electron chi connectivity index (χ4n) is 5.93. The van der Waals surface area contributed by atoms with E-state index in [1.54, 1.807) is 0 Å². The third kappa shape index (κ3) is 6.20. The van der Waals surface area contributed by atoms with Crippen LogP contribution in [0.1, 0.15) is 50.8 Å². The van der Waals surface area contributed by atoms with Crippen LogP contribution in [0.15, 0.2) is 152 Å². The summed E-state index contributed by atoms with van der Waals surface area (Å²) in [4.78, 5) is 2.42. The van der Waals surface area contributed by atoms with Gasteiger partial charge in [0.2, 0.25) is 0 Å². The van der Waals surface area contributed by atoms with Crippen LogP contribution in [0, 0.1) is 0 Å². The lowest BCUT2D eigenvalue weighted by molar-refractivity contribution is 0.728. The van der Waals surface area contributed by atoms with Crippen LogP contribution in [0.2, 0.25) is 0 Å². The lowest BCUT2D eigenvalue weighted by atomic mass is 9.72. The van der Waals surface area contributed by atoms with Gasteiger partial charge in [0, 0.05) is 33.6 Å². The van der Waals surface area contributed by atoms with Crippen LogP contribution >= 0.6 is 0 Å². The quantitative estimate of drug-likeness (QED) is 0.225. The van der Waals surface area contributed by atoms with Crippen LogP contribution in [0.3, 0.4) is 0 Å². The van der Waals surface area contributed by atoms with E-state index in [4.69, 9.17) is 0 Å². The van der Waals surface area contributed by atoms with Crippen LogP contribution in [0.5, 0.6) is 0 Å². The van der Waals surface area contributed by atoms with Crippen LogP contribution in [0.4, 0.5) is 17.1 Å². The molecule has 1 N–H and O–H groups in total. The van der Waals surface area contributed by atoms with Crippen molar-refractivity contribution >= 4 is 33.9 Å². The van der Waals surface area contributed by atoms with E-state index in [1.165, 1.54) is 27.5 Å². The first-order valence-corrected chi connectivity index (χ1v) is 15.4. The fraction of sp³-hybridized carbons (Fsp3) is 0.171. The van der Waals surface area contributed by atoms with Gasteiger partial charge in [-0.3, -0.25) is 0 Å². The topological polar surface area (TPSA) is 15.3 Å². The average Bonchev–Trinajstić information content (AvgIpc) is 3.57. The molecule has 1 unspecified atom stereocenters. The standard InChI is InChI=1S/C39H36N2.C2H6/c1-4-5-6-8-15-30-26-32(28-35(27-30)41(34-20-11-12-21-34)33-18-9-7-10-19-33)39(3)25-24-29(2)40-37-23-14-17-31-16-13-22-36(39)38(31)37;1-2/h5-28,34,40H,2,4H2,1,3H3;1-2H3/b6-5-,15-8-,25-24-;. The molecule has 4 aromatic rings. The first-order chi connectivity index (χ1) is 21.1. The Bertz CT molecular complexity index is 1720. The van der Waals surface area contributed by atoms with Gasteiger partial charge in [-0.2, -0.15) is 0 Å². The zero-order chi connectivity index (χ0) is 30.2. The fourth-order valence-corrected chi connectivity index (χ4v) is 5.93. The van der Waals surface area contributed by atoms with E-state index in [-0.39, 0.29) is 6.04 Å². The van der Waals surface area contributed by atoms with Gasteiger partial charge in [-0.1, -0.05) is 137 Å². The molecule has 0 amide bonds. The molecule has 4 aromatic carbocycles. The lowest BCUT2D eigenvalue weighted by Crippen LogP contribution is -2.28. The Labute approximate surface area is 257 Å². The molecule has 0 saturated heterocycles. The van der Waals surface area contributed by atoms with E-state index < -0.39 is 5.41 Å². The van der Waals surface area contributed by atoms with E-state index >= 15 is 0 Å². The summed E-state index contributed by atoms with van der Waals surface area (Å²) >= 11 is 0. The minimum absolute atomic E-state index is 0.137. The summed E-state index contributed by atoms with van der Waals surface area (Å²) in [6, 6.07) is 30.9. The molecule has 0 radical (unpaired) electrons. The number of hydrogen-bond donors (Lipinski definition) is 1. The largest absolute Gasteiger partial charge is 0.356 e. The minimum Gasteiger partial charge on any atom is -0.356 e. The molecule has 216 valence electrons. The van der Waals surface area contributed by atoms with E-state index in [2.05, 4.69) is 176 Å². The number of anilines is 3. The zero-order valence-corrected chi connectivity index (χ0v) is 25.8. The Balaban J connectivity index is 0.00000180. The van der Waals surface area contributed by atoms with Crippen molar-refractivity contribution in [1.29, 1.82) is 0 Å². The molecule has 2 heteroatoms.